The van der Waals surface area contributed by atoms with Crippen LogP contribution in [0, 0.1) is 5.82 Å². The Hall–Kier alpha value is -3.15. The van der Waals surface area contributed by atoms with E-state index in [1.165, 1.54) is 12.1 Å². The van der Waals surface area contributed by atoms with Crippen LogP contribution in [0.4, 0.5) is 4.39 Å². The Labute approximate surface area is 162 Å². The van der Waals surface area contributed by atoms with Gasteiger partial charge in [0.15, 0.2) is 0 Å². The zero-order chi connectivity index (χ0) is 19.5. The van der Waals surface area contributed by atoms with E-state index in [0.717, 1.165) is 22.0 Å². The number of halogens is 1. The monoisotopic (exact) mass is 379 g/mol. The van der Waals surface area contributed by atoms with Crippen molar-refractivity contribution < 1.29 is 14.0 Å². The second-order valence-electron chi connectivity index (χ2n) is 7.10. The highest BCUT2D eigenvalue weighted by Gasteiger charge is 2.24. The molecule has 144 valence electrons. The number of H-pyrrole nitrogens is 1. The minimum Gasteiger partial charge on any atom is -0.361 e. The summed E-state index contributed by atoms with van der Waals surface area (Å²) in [7, 11) is 0. The smallest absolute Gasteiger partial charge is 0.227 e. The highest BCUT2D eigenvalue weighted by molar-refractivity contribution is 5.89. The number of carbonyl (C=O) groups excluding carboxylic acids is 2. The molecule has 0 bridgehead atoms. The van der Waals surface area contributed by atoms with E-state index < -0.39 is 0 Å². The summed E-state index contributed by atoms with van der Waals surface area (Å²) in [5.41, 5.74) is 2.82. The quantitative estimate of drug-likeness (QED) is 0.758. The SMILES string of the molecule is O=C(Cc1ccc(F)cc1)N1CCN(C(=O)Cc2c[nH]c3ccccc23)CC1. The number of nitrogens with one attached hydrogen (secondary N) is 1. The molecule has 28 heavy (non-hydrogen) atoms. The third kappa shape index (κ3) is 3.91. The third-order valence-corrected chi connectivity index (χ3v) is 5.27. The highest BCUT2D eigenvalue weighted by Crippen LogP contribution is 2.19. The maximum Gasteiger partial charge on any atom is 0.227 e. The Balaban J connectivity index is 1.31. The molecule has 1 fully saturated rings. The van der Waals surface area contributed by atoms with Gasteiger partial charge in [-0.2, -0.15) is 0 Å². The molecular formula is C22H22FN3O2. The average molecular weight is 379 g/mol. The van der Waals surface area contributed by atoms with Crippen LogP contribution in [-0.4, -0.2) is 52.8 Å². The average Bonchev–Trinajstić information content (AvgIpc) is 3.13. The summed E-state index contributed by atoms with van der Waals surface area (Å²) in [6.07, 6.45) is 2.50. The Kier molecular flexibility index (Phi) is 5.10. The van der Waals surface area contributed by atoms with Crippen molar-refractivity contribution in [1.29, 1.82) is 0 Å². The van der Waals surface area contributed by atoms with Crippen molar-refractivity contribution in [1.82, 2.24) is 14.8 Å². The first kappa shape index (κ1) is 18.2. The molecule has 2 amide bonds. The van der Waals surface area contributed by atoms with Crippen LogP contribution < -0.4 is 0 Å². The van der Waals surface area contributed by atoms with Gasteiger partial charge in [0.2, 0.25) is 11.8 Å². The molecule has 6 heteroatoms. The predicted molar refractivity (Wildman–Crippen MR) is 105 cm³/mol. The third-order valence-electron chi connectivity index (χ3n) is 5.27. The lowest BCUT2D eigenvalue weighted by molar-refractivity contribution is -0.138. The normalized spacial score (nSPS) is 14.5. The predicted octanol–water partition coefficient (Wildman–Crippen LogP) is 2.76. The topological polar surface area (TPSA) is 56.4 Å². The molecule has 0 atom stereocenters. The summed E-state index contributed by atoms with van der Waals surface area (Å²) in [5.74, 6) is -0.218. The number of carbonyl (C=O) groups is 2. The molecule has 2 heterocycles. The summed E-state index contributed by atoms with van der Waals surface area (Å²) >= 11 is 0. The van der Waals surface area contributed by atoms with Crippen LogP contribution in [0.25, 0.3) is 10.9 Å². The van der Waals surface area contributed by atoms with Crippen LogP contribution in [0.5, 0.6) is 0 Å². The van der Waals surface area contributed by atoms with E-state index in [-0.39, 0.29) is 24.1 Å². The Morgan fingerprint density at radius 1 is 0.857 bits per heavy atom. The van der Waals surface area contributed by atoms with Crippen molar-refractivity contribution in [2.45, 2.75) is 12.8 Å². The van der Waals surface area contributed by atoms with Crippen molar-refractivity contribution in [2.24, 2.45) is 0 Å². The minimum atomic E-state index is -0.307. The molecule has 5 nitrogen and oxygen atoms in total. The molecule has 1 aromatic heterocycles. The van der Waals surface area contributed by atoms with Crippen LogP contribution in [0.2, 0.25) is 0 Å². The standard InChI is InChI=1S/C22H22FN3O2/c23-18-7-5-16(6-8-18)13-21(27)25-9-11-26(12-10-25)22(28)14-17-15-24-20-4-2-1-3-19(17)20/h1-8,15,24H,9-14H2. The second-order valence-corrected chi connectivity index (χ2v) is 7.10. The van der Waals surface area contributed by atoms with E-state index in [1.807, 2.05) is 35.4 Å². The van der Waals surface area contributed by atoms with Gasteiger partial charge in [0, 0.05) is 43.3 Å². The van der Waals surface area contributed by atoms with Gasteiger partial charge in [-0.25, -0.2) is 4.39 Å². The number of nitrogens with zero attached hydrogens (tertiary/aromatic N) is 2. The zero-order valence-corrected chi connectivity index (χ0v) is 15.5. The van der Waals surface area contributed by atoms with Gasteiger partial charge < -0.3 is 14.8 Å². The van der Waals surface area contributed by atoms with E-state index in [4.69, 9.17) is 0 Å². The van der Waals surface area contributed by atoms with Crippen molar-refractivity contribution in [2.75, 3.05) is 26.2 Å². The maximum absolute atomic E-state index is 13.0. The molecule has 0 saturated carbocycles. The van der Waals surface area contributed by atoms with Crippen molar-refractivity contribution in [3.63, 3.8) is 0 Å². The Morgan fingerprint density at radius 2 is 1.46 bits per heavy atom. The molecule has 0 unspecified atom stereocenters. The van der Waals surface area contributed by atoms with Crippen LogP contribution in [0.1, 0.15) is 11.1 Å². The molecule has 2 aromatic carbocycles. The van der Waals surface area contributed by atoms with E-state index in [1.54, 1.807) is 17.0 Å². The highest BCUT2D eigenvalue weighted by atomic mass is 19.1. The molecule has 0 aliphatic carbocycles. The van der Waals surface area contributed by atoms with Crippen LogP contribution in [0.3, 0.4) is 0 Å². The fourth-order valence-electron chi connectivity index (χ4n) is 3.65. The number of para-hydroxylation sites is 1. The lowest BCUT2D eigenvalue weighted by Gasteiger charge is -2.35. The summed E-state index contributed by atoms with van der Waals surface area (Å²) in [6, 6.07) is 13.9. The minimum absolute atomic E-state index is 0.00957. The van der Waals surface area contributed by atoms with E-state index in [0.29, 0.717) is 32.6 Å². The first-order valence-corrected chi connectivity index (χ1v) is 9.45. The summed E-state index contributed by atoms with van der Waals surface area (Å²) in [6.45, 7) is 2.13. The number of hydrogen-bond acceptors (Lipinski definition) is 2. The molecule has 1 saturated heterocycles. The van der Waals surface area contributed by atoms with Gasteiger partial charge in [-0.1, -0.05) is 30.3 Å². The number of fused-ring (bicyclic) bond motifs is 1. The van der Waals surface area contributed by atoms with E-state index in [2.05, 4.69) is 4.98 Å². The van der Waals surface area contributed by atoms with Gasteiger partial charge in [0.25, 0.3) is 0 Å². The van der Waals surface area contributed by atoms with Gasteiger partial charge in [-0.15, -0.1) is 0 Å². The number of amides is 2. The molecule has 1 aliphatic heterocycles. The summed E-state index contributed by atoms with van der Waals surface area (Å²) < 4.78 is 13.0. The van der Waals surface area contributed by atoms with Gasteiger partial charge in [-0.05, 0) is 29.3 Å². The summed E-state index contributed by atoms with van der Waals surface area (Å²) in [5, 5.41) is 1.07. The Bertz CT molecular complexity index is 988. The van der Waals surface area contributed by atoms with Gasteiger partial charge in [0.1, 0.15) is 5.82 Å². The number of benzene rings is 2. The number of aromatic amines is 1. The van der Waals surface area contributed by atoms with Crippen molar-refractivity contribution >= 4 is 22.7 Å². The summed E-state index contributed by atoms with van der Waals surface area (Å²) in [4.78, 5) is 31.9. The first-order chi connectivity index (χ1) is 13.6. The van der Waals surface area contributed by atoms with Gasteiger partial charge in [0.05, 0.1) is 12.8 Å². The number of aromatic nitrogens is 1. The molecule has 1 aliphatic rings. The van der Waals surface area contributed by atoms with E-state index >= 15 is 0 Å². The lowest BCUT2D eigenvalue weighted by Crippen LogP contribution is -2.51. The first-order valence-electron chi connectivity index (χ1n) is 9.45. The molecule has 0 spiro atoms. The number of piperazine rings is 1. The fraction of sp³-hybridized carbons (Fsp3) is 0.273. The van der Waals surface area contributed by atoms with Crippen LogP contribution in [0.15, 0.2) is 54.7 Å². The lowest BCUT2D eigenvalue weighted by atomic mass is 10.1. The Morgan fingerprint density at radius 3 is 2.14 bits per heavy atom. The van der Waals surface area contributed by atoms with Crippen molar-refractivity contribution in [3.05, 3.63) is 71.7 Å². The van der Waals surface area contributed by atoms with Crippen LogP contribution in [-0.2, 0) is 22.4 Å². The fourth-order valence-corrected chi connectivity index (χ4v) is 3.65. The van der Waals surface area contributed by atoms with Crippen molar-refractivity contribution in [3.8, 4) is 0 Å². The maximum atomic E-state index is 13.0. The number of hydrogen-bond donors (Lipinski definition) is 1. The number of rotatable bonds is 4. The molecular weight excluding hydrogens is 357 g/mol. The molecule has 0 radical (unpaired) electrons. The second kappa shape index (κ2) is 7.84. The van der Waals surface area contributed by atoms with Gasteiger partial charge >= 0.3 is 0 Å². The van der Waals surface area contributed by atoms with E-state index in [9.17, 15) is 14.0 Å². The molecule has 4 rings (SSSR count). The molecule has 3 aromatic rings. The molecule has 1 N–H and O–H groups in total. The zero-order valence-electron chi connectivity index (χ0n) is 15.5. The van der Waals surface area contributed by atoms with Gasteiger partial charge in [-0.3, -0.25) is 9.59 Å². The largest absolute Gasteiger partial charge is 0.361 e. The van der Waals surface area contributed by atoms with Crippen LogP contribution >= 0.6 is 0 Å².